The van der Waals surface area contributed by atoms with E-state index in [1.54, 1.807) is 7.11 Å². The molecule has 15 heavy (non-hydrogen) atoms. The SMILES string of the molecule is COc1cc(C)c(C)cc1C1CC1C#N. The molecule has 1 aliphatic carbocycles. The molecule has 0 aliphatic heterocycles. The molecular weight excluding hydrogens is 186 g/mol. The first-order chi connectivity index (χ1) is 7.17. The van der Waals surface area contributed by atoms with E-state index >= 15 is 0 Å². The molecule has 0 bridgehead atoms. The van der Waals surface area contributed by atoms with Crippen LogP contribution in [0.4, 0.5) is 0 Å². The topological polar surface area (TPSA) is 33.0 Å². The van der Waals surface area contributed by atoms with E-state index in [-0.39, 0.29) is 5.92 Å². The van der Waals surface area contributed by atoms with Gasteiger partial charge in [-0.05, 0) is 43.0 Å². The van der Waals surface area contributed by atoms with E-state index in [1.807, 2.05) is 0 Å². The quantitative estimate of drug-likeness (QED) is 0.737. The summed E-state index contributed by atoms with van der Waals surface area (Å²) in [5, 5.41) is 8.83. The van der Waals surface area contributed by atoms with Gasteiger partial charge in [-0.25, -0.2) is 0 Å². The van der Waals surface area contributed by atoms with Crippen molar-refractivity contribution in [3.05, 3.63) is 28.8 Å². The number of nitrogens with zero attached hydrogens (tertiary/aromatic N) is 1. The van der Waals surface area contributed by atoms with Gasteiger partial charge >= 0.3 is 0 Å². The second-order valence-corrected chi connectivity index (χ2v) is 4.26. The van der Waals surface area contributed by atoms with Crippen LogP contribution in [0.15, 0.2) is 12.1 Å². The lowest BCUT2D eigenvalue weighted by atomic mass is 10.0. The smallest absolute Gasteiger partial charge is 0.122 e. The van der Waals surface area contributed by atoms with Gasteiger partial charge in [0.25, 0.3) is 0 Å². The van der Waals surface area contributed by atoms with E-state index in [9.17, 15) is 0 Å². The van der Waals surface area contributed by atoms with Crippen LogP contribution in [0.1, 0.15) is 29.0 Å². The van der Waals surface area contributed by atoms with Crippen molar-refractivity contribution in [2.45, 2.75) is 26.2 Å². The zero-order valence-corrected chi connectivity index (χ0v) is 9.37. The number of hydrogen-bond donors (Lipinski definition) is 0. The molecule has 2 unspecified atom stereocenters. The summed E-state index contributed by atoms with van der Waals surface area (Å²) in [7, 11) is 1.69. The van der Waals surface area contributed by atoms with Crippen LogP contribution in [0, 0.1) is 31.1 Å². The predicted molar refractivity (Wildman–Crippen MR) is 58.9 cm³/mol. The summed E-state index contributed by atoms with van der Waals surface area (Å²) in [5.41, 5.74) is 3.71. The van der Waals surface area contributed by atoms with Crippen molar-refractivity contribution in [2.24, 2.45) is 5.92 Å². The average Bonchev–Trinajstić information content (AvgIpc) is 3.00. The first kappa shape index (κ1) is 10.0. The monoisotopic (exact) mass is 201 g/mol. The fourth-order valence-electron chi connectivity index (χ4n) is 1.96. The molecule has 1 aromatic carbocycles. The van der Waals surface area contributed by atoms with E-state index in [0.717, 1.165) is 12.2 Å². The number of aryl methyl sites for hydroxylation is 2. The first-order valence-electron chi connectivity index (χ1n) is 5.22. The molecule has 2 heteroatoms. The van der Waals surface area contributed by atoms with Gasteiger partial charge < -0.3 is 4.74 Å². The summed E-state index contributed by atoms with van der Waals surface area (Å²) < 4.78 is 5.37. The Labute approximate surface area is 90.5 Å². The highest BCUT2D eigenvalue weighted by Crippen LogP contribution is 2.50. The molecule has 0 amide bonds. The van der Waals surface area contributed by atoms with Crippen molar-refractivity contribution in [2.75, 3.05) is 7.11 Å². The lowest BCUT2D eigenvalue weighted by molar-refractivity contribution is 0.409. The van der Waals surface area contributed by atoms with Crippen molar-refractivity contribution in [1.82, 2.24) is 0 Å². The fraction of sp³-hybridized carbons (Fsp3) is 0.462. The van der Waals surface area contributed by atoms with Gasteiger partial charge in [-0.15, -0.1) is 0 Å². The van der Waals surface area contributed by atoms with Crippen LogP contribution < -0.4 is 4.74 Å². The molecule has 2 rings (SSSR count). The Balaban J connectivity index is 2.39. The molecule has 78 valence electrons. The third-order valence-corrected chi connectivity index (χ3v) is 3.20. The predicted octanol–water partition coefficient (Wildman–Crippen LogP) is 2.94. The molecule has 2 nitrogen and oxygen atoms in total. The van der Waals surface area contributed by atoms with Gasteiger partial charge in [0.1, 0.15) is 5.75 Å². The van der Waals surface area contributed by atoms with Crippen molar-refractivity contribution in [3.63, 3.8) is 0 Å². The number of benzene rings is 1. The minimum atomic E-state index is 0.195. The summed E-state index contributed by atoms with van der Waals surface area (Å²) in [6.07, 6.45) is 0.982. The van der Waals surface area contributed by atoms with Crippen molar-refractivity contribution >= 4 is 0 Å². The number of methoxy groups -OCH3 is 1. The Morgan fingerprint density at radius 3 is 2.53 bits per heavy atom. The Hall–Kier alpha value is -1.49. The molecule has 0 N–H and O–H groups in total. The largest absolute Gasteiger partial charge is 0.496 e. The number of nitriles is 1. The highest BCUT2D eigenvalue weighted by atomic mass is 16.5. The van der Waals surface area contributed by atoms with Crippen LogP contribution in [0.2, 0.25) is 0 Å². The van der Waals surface area contributed by atoms with E-state index < -0.39 is 0 Å². The van der Waals surface area contributed by atoms with E-state index in [2.05, 4.69) is 32.0 Å². The highest BCUT2D eigenvalue weighted by Gasteiger charge is 2.40. The maximum Gasteiger partial charge on any atom is 0.122 e. The third-order valence-electron chi connectivity index (χ3n) is 3.20. The Bertz CT molecular complexity index is 431. The minimum absolute atomic E-state index is 0.195. The van der Waals surface area contributed by atoms with Crippen LogP contribution >= 0.6 is 0 Å². The normalized spacial score (nSPS) is 23.3. The summed E-state index contributed by atoms with van der Waals surface area (Å²) in [6.45, 7) is 4.18. The van der Waals surface area contributed by atoms with Gasteiger partial charge in [0, 0.05) is 5.92 Å². The van der Waals surface area contributed by atoms with Crippen LogP contribution in [0.5, 0.6) is 5.75 Å². The van der Waals surface area contributed by atoms with E-state index in [1.165, 1.54) is 16.7 Å². The molecule has 1 saturated carbocycles. The van der Waals surface area contributed by atoms with Gasteiger partial charge in [-0.1, -0.05) is 6.07 Å². The molecule has 0 spiro atoms. The second-order valence-electron chi connectivity index (χ2n) is 4.26. The Morgan fingerprint density at radius 1 is 1.33 bits per heavy atom. The van der Waals surface area contributed by atoms with Crippen LogP contribution in [-0.4, -0.2) is 7.11 Å². The van der Waals surface area contributed by atoms with Gasteiger partial charge in [0.05, 0.1) is 19.1 Å². The zero-order valence-electron chi connectivity index (χ0n) is 9.37. The molecule has 0 heterocycles. The second kappa shape index (κ2) is 3.58. The van der Waals surface area contributed by atoms with E-state index in [4.69, 9.17) is 10.00 Å². The maximum atomic E-state index is 8.83. The fourth-order valence-corrected chi connectivity index (χ4v) is 1.96. The molecule has 2 atom stereocenters. The highest BCUT2D eigenvalue weighted by molar-refractivity contribution is 5.46. The van der Waals surface area contributed by atoms with Gasteiger partial charge in [0.2, 0.25) is 0 Å². The van der Waals surface area contributed by atoms with Gasteiger partial charge in [-0.3, -0.25) is 0 Å². The molecule has 0 saturated heterocycles. The van der Waals surface area contributed by atoms with Crippen LogP contribution in [0.25, 0.3) is 0 Å². The summed E-state index contributed by atoms with van der Waals surface area (Å²) in [6, 6.07) is 6.55. The van der Waals surface area contributed by atoms with Gasteiger partial charge in [-0.2, -0.15) is 5.26 Å². The maximum absolute atomic E-state index is 8.83. The van der Waals surface area contributed by atoms with Crippen molar-refractivity contribution in [1.29, 1.82) is 5.26 Å². The number of ether oxygens (including phenoxy) is 1. The third kappa shape index (κ3) is 1.70. The average molecular weight is 201 g/mol. The molecule has 0 radical (unpaired) electrons. The number of hydrogen-bond acceptors (Lipinski definition) is 2. The summed E-state index contributed by atoms with van der Waals surface area (Å²) in [5.74, 6) is 1.52. The standard InChI is InChI=1S/C13H15NO/c1-8-4-12(11-6-10(11)7-14)13(15-3)5-9(8)2/h4-5,10-11H,6H2,1-3H3. The van der Waals surface area contributed by atoms with Crippen molar-refractivity contribution in [3.8, 4) is 11.8 Å². The Kier molecular flexibility index (Phi) is 2.40. The molecule has 0 aromatic heterocycles. The van der Waals surface area contributed by atoms with E-state index in [0.29, 0.717) is 5.92 Å². The first-order valence-corrected chi connectivity index (χ1v) is 5.22. The van der Waals surface area contributed by atoms with Crippen LogP contribution in [0.3, 0.4) is 0 Å². The lowest BCUT2D eigenvalue weighted by Gasteiger charge is -2.10. The lowest BCUT2D eigenvalue weighted by Crippen LogP contribution is -1.94. The molecule has 1 fully saturated rings. The summed E-state index contributed by atoms with van der Waals surface area (Å²) >= 11 is 0. The number of rotatable bonds is 2. The Morgan fingerprint density at radius 2 is 2.00 bits per heavy atom. The van der Waals surface area contributed by atoms with Gasteiger partial charge in [0.15, 0.2) is 0 Å². The minimum Gasteiger partial charge on any atom is -0.496 e. The molecule has 1 aliphatic rings. The molecular formula is C13H15NO. The van der Waals surface area contributed by atoms with Crippen LogP contribution in [-0.2, 0) is 0 Å². The molecule has 1 aromatic rings. The zero-order chi connectivity index (χ0) is 11.0. The van der Waals surface area contributed by atoms with Crippen molar-refractivity contribution < 1.29 is 4.74 Å². The summed E-state index contributed by atoms with van der Waals surface area (Å²) in [4.78, 5) is 0.